The number of nitrogens with zero attached hydrogens (tertiary/aromatic N) is 1. The fourth-order valence-corrected chi connectivity index (χ4v) is 5.23. The summed E-state index contributed by atoms with van der Waals surface area (Å²) < 4.78 is 8.11. The molecule has 0 aliphatic carbocycles. The van der Waals surface area contributed by atoms with E-state index in [0.717, 1.165) is 50.1 Å². The monoisotopic (exact) mass is 685 g/mol. The number of amides is 1. The maximum Gasteiger partial charge on any atom is 0.258 e. The first-order chi connectivity index (χ1) is 13.4. The molecule has 5 nitrogen and oxygen atoms in total. The van der Waals surface area contributed by atoms with Crippen LogP contribution in [0.15, 0.2) is 40.9 Å². The van der Waals surface area contributed by atoms with Crippen LogP contribution in [0.5, 0.6) is 0 Å². The van der Waals surface area contributed by atoms with Gasteiger partial charge >= 0.3 is 0 Å². The van der Waals surface area contributed by atoms with Gasteiger partial charge in [-0.15, -0.1) is 0 Å². The highest BCUT2D eigenvalue weighted by atomic mass is 127. The van der Waals surface area contributed by atoms with E-state index < -0.39 is 0 Å². The molecular formula is C19H18BrI2N3O2S. The molecule has 1 amide bonds. The van der Waals surface area contributed by atoms with Gasteiger partial charge in [-0.1, -0.05) is 12.1 Å². The molecule has 0 aromatic heterocycles. The number of ether oxygens (including phenoxy) is 1. The molecule has 148 valence electrons. The van der Waals surface area contributed by atoms with Gasteiger partial charge in [-0.25, -0.2) is 0 Å². The summed E-state index contributed by atoms with van der Waals surface area (Å²) in [4.78, 5) is 14.9. The van der Waals surface area contributed by atoms with E-state index >= 15 is 0 Å². The lowest BCUT2D eigenvalue weighted by Crippen LogP contribution is -2.35. The van der Waals surface area contributed by atoms with Crippen LogP contribution in [0.1, 0.15) is 15.9 Å². The molecule has 3 rings (SSSR count). The van der Waals surface area contributed by atoms with E-state index in [9.17, 15) is 4.79 Å². The molecule has 1 aliphatic heterocycles. The van der Waals surface area contributed by atoms with Crippen molar-refractivity contribution in [2.45, 2.75) is 6.54 Å². The summed E-state index contributed by atoms with van der Waals surface area (Å²) in [6.45, 7) is 4.42. The number of morpholine rings is 1. The number of carbonyl (C=O) groups is 1. The number of anilines is 1. The average molecular weight is 686 g/mol. The number of benzene rings is 2. The first-order valence-electron chi connectivity index (χ1n) is 8.58. The molecule has 2 aromatic rings. The molecule has 0 unspecified atom stereocenters. The number of carbonyl (C=O) groups excluding carboxylic acids is 1. The van der Waals surface area contributed by atoms with Crippen LogP contribution < -0.4 is 10.6 Å². The molecular weight excluding hydrogens is 668 g/mol. The molecule has 1 fully saturated rings. The maximum atomic E-state index is 12.6. The normalized spacial score (nSPS) is 14.5. The summed E-state index contributed by atoms with van der Waals surface area (Å²) in [5, 5.41) is 6.08. The molecule has 1 heterocycles. The second-order valence-electron chi connectivity index (χ2n) is 6.24. The molecule has 0 radical (unpaired) electrons. The summed E-state index contributed by atoms with van der Waals surface area (Å²) in [6, 6.07) is 11.9. The Bertz CT molecular complexity index is 874. The van der Waals surface area contributed by atoms with Crippen molar-refractivity contribution in [3.8, 4) is 0 Å². The van der Waals surface area contributed by atoms with Crippen LogP contribution in [0.3, 0.4) is 0 Å². The second-order valence-corrected chi connectivity index (χ2v) is 9.85. The van der Waals surface area contributed by atoms with Crippen molar-refractivity contribution in [2.75, 3.05) is 31.6 Å². The van der Waals surface area contributed by atoms with Gasteiger partial charge in [-0.2, -0.15) is 0 Å². The Morgan fingerprint density at radius 2 is 1.86 bits per heavy atom. The quantitative estimate of drug-likeness (QED) is 0.280. The van der Waals surface area contributed by atoms with E-state index in [2.05, 4.69) is 88.8 Å². The standard InChI is InChI=1S/C19H18BrI2N3O2S/c20-17-15(9-13(21)10-16(17)22)18(26)24-19(28)23-14-3-1-12(2-4-14)11-25-5-7-27-8-6-25/h1-4,9-10H,5-8,11H2,(H2,23,24,26,28). The zero-order chi connectivity index (χ0) is 20.1. The maximum absolute atomic E-state index is 12.6. The zero-order valence-corrected chi connectivity index (χ0v) is 21.5. The molecule has 0 atom stereocenters. The third kappa shape index (κ3) is 6.33. The first kappa shape index (κ1) is 22.3. The van der Waals surface area contributed by atoms with Gasteiger partial charge in [0, 0.05) is 36.9 Å². The average Bonchev–Trinajstić information content (AvgIpc) is 2.67. The van der Waals surface area contributed by atoms with Crippen LogP contribution in [-0.2, 0) is 11.3 Å². The van der Waals surface area contributed by atoms with Gasteiger partial charge in [0.15, 0.2) is 5.11 Å². The number of thiocarbonyl (C=S) groups is 1. The molecule has 2 N–H and O–H groups in total. The van der Waals surface area contributed by atoms with Gasteiger partial charge in [0.25, 0.3) is 5.91 Å². The number of hydrogen-bond donors (Lipinski definition) is 2. The Kier molecular flexibility index (Phi) is 8.47. The van der Waals surface area contributed by atoms with Gasteiger partial charge in [-0.3, -0.25) is 15.0 Å². The fourth-order valence-electron chi connectivity index (χ4n) is 2.76. The number of nitrogens with one attached hydrogen (secondary N) is 2. The molecule has 0 bridgehead atoms. The summed E-state index contributed by atoms with van der Waals surface area (Å²) in [6.07, 6.45) is 0. The van der Waals surface area contributed by atoms with Crippen molar-refractivity contribution in [2.24, 2.45) is 0 Å². The van der Waals surface area contributed by atoms with Crippen molar-refractivity contribution < 1.29 is 9.53 Å². The van der Waals surface area contributed by atoms with E-state index in [4.69, 9.17) is 17.0 Å². The number of hydrogen-bond acceptors (Lipinski definition) is 4. The van der Waals surface area contributed by atoms with Crippen molar-refractivity contribution in [3.05, 3.63) is 59.1 Å². The van der Waals surface area contributed by atoms with E-state index in [1.165, 1.54) is 5.56 Å². The Morgan fingerprint density at radius 3 is 2.54 bits per heavy atom. The van der Waals surface area contributed by atoms with Crippen LogP contribution in [0.4, 0.5) is 5.69 Å². The summed E-state index contributed by atoms with van der Waals surface area (Å²) >= 11 is 13.2. The van der Waals surface area contributed by atoms with Gasteiger partial charge in [-0.05, 0) is 103 Å². The highest BCUT2D eigenvalue weighted by molar-refractivity contribution is 14.1. The summed E-state index contributed by atoms with van der Waals surface area (Å²) in [5.74, 6) is -0.246. The highest BCUT2D eigenvalue weighted by Crippen LogP contribution is 2.26. The summed E-state index contributed by atoms with van der Waals surface area (Å²) in [5.41, 5.74) is 2.63. The number of halogens is 3. The SMILES string of the molecule is O=C(NC(=S)Nc1ccc(CN2CCOCC2)cc1)c1cc(I)cc(I)c1Br. The van der Waals surface area contributed by atoms with E-state index in [-0.39, 0.29) is 11.0 Å². The smallest absolute Gasteiger partial charge is 0.258 e. The van der Waals surface area contributed by atoms with Crippen LogP contribution in [0.25, 0.3) is 0 Å². The van der Waals surface area contributed by atoms with Gasteiger partial charge < -0.3 is 10.1 Å². The zero-order valence-electron chi connectivity index (χ0n) is 14.8. The fraction of sp³-hybridized carbons (Fsp3) is 0.263. The summed E-state index contributed by atoms with van der Waals surface area (Å²) in [7, 11) is 0. The van der Waals surface area contributed by atoms with Crippen molar-refractivity contribution in [3.63, 3.8) is 0 Å². The Morgan fingerprint density at radius 1 is 1.18 bits per heavy atom. The highest BCUT2D eigenvalue weighted by Gasteiger charge is 2.15. The molecule has 1 saturated heterocycles. The predicted octanol–water partition coefficient (Wildman–Crippen LogP) is 4.62. The minimum atomic E-state index is -0.246. The molecule has 2 aromatic carbocycles. The van der Waals surface area contributed by atoms with Gasteiger partial charge in [0.2, 0.25) is 0 Å². The van der Waals surface area contributed by atoms with E-state index in [0.29, 0.717) is 5.56 Å². The lowest BCUT2D eigenvalue weighted by molar-refractivity contribution is 0.0342. The number of rotatable bonds is 4. The van der Waals surface area contributed by atoms with Gasteiger partial charge in [0.05, 0.1) is 18.8 Å². The van der Waals surface area contributed by atoms with Crippen molar-refractivity contribution in [1.29, 1.82) is 0 Å². The Hall–Kier alpha value is -0.340. The lowest BCUT2D eigenvalue weighted by Gasteiger charge is -2.26. The minimum absolute atomic E-state index is 0.246. The van der Waals surface area contributed by atoms with Crippen LogP contribution in [0, 0.1) is 7.14 Å². The molecule has 0 saturated carbocycles. The first-order valence-corrected chi connectivity index (χ1v) is 11.9. The Balaban J connectivity index is 1.56. The van der Waals surface area contributed by atoms with Crippen LogP contribution >= 0.6 is 73.3 Å². The van der Waals surface area contributed by atoms with Crippen LogP contribution in [-0.4, -0.2) is 42.2 Å². The molecule has 0 spiro atoms. The lowest BCUT2D eigenvalue weighted by atomic mass is 10.2. The topological polar surface area (TPSA) is 53.6 Å². The largest absolute Gasteiger partial charge is 0.379 e. The third-order valence-electron chi connectivity index (χ3n) is 4.19. The third-order valence-corrected chi connectivity index (χ3v) is 7.46. The van der Waals surface area contributed by atoms with E-state index in [1.807, 2.05) is 24.3 Å². The van der Waals surface area contributed by atoms with E-state index in [1.54, 1.807) is 0 Å². The molecule has 28 heavy (non-hydrogen) atoms. The van der Waals surface area contributed by atoms with Gasteiger partial charge in [0.1, 0.15) is 0 Å². The van der Waals surface area contributed by atoms with Crippen molar-refractivity contribution in [1.82, 2.24) is 10.2 Å². The van der Waals surface area contributed by atoms with Crippen molar-refractivity contribution >= 4 is 90.0 Å². The predicted molar refractivity (Wildman–Crippen MR) is 136 cm³/mol. The van der Waals surface area contributed by atoms with Crippen LogP contribution in [0.2, 0.25) is 0 Å². The second kappa shape index (κ2) is 10.6. The molecule has 9 heteroatoms. The Labute approximate surface area is 205 Å². The molecule has 1 aliphatic rings. The minimum Gasteiger partial charge on any atom is -0.379 e.